The second-order valence-electron chi connectivity index (χ2n) is 7.01. The Morgan fingerprint density at radius 1 is 1.00 bits per heavy atom. The highest BCUT2D eigenvalue weighted by Gasteiger charge is 2.26. The maximum Gasteiger partial charge on any atom is 0.251 e. The smallest absolute Gasteiger partial charge is 0.251 e. The maximum absolute atomic E-state index is 12.7. The minimum atomic E-state index is -0.560. The SMILES string of the molecule is COc1ccc(C(=O)N[C@@H](C)C(=O)N2CCN(Cc3ccccc3)CC2)cc1. The molecule has 2 aromatic carbocycles. The zero-order valence-corrected chi connectivity index (χ0v) is 16.4. The number of hydrogen-bond donors (Lipinski definition) is 1. The second kappa shape index (κ2) is 9.37. The van der Waals surface area contributed by atoms with Crippen LogP contribution < -0.4 is 10.1 Å². The van der Waals surface area contributed by atoms with Crippen molar-refractivity contribution in [3.63, 3.8) is 0 Å². The Balaban J connectivity index is 1.47. The zero-order valence-electron chi connectivity index (χ0n) is 16.4. The number of carbonyl (C=O) groups is 2. The molecule has 0 unspecified atom stereocenters. The van der Waals surface area contributed by atoms with Crippen molar-refractivity contribution in [3.05, 3.63) is 65.7 Å². The van der Waals surface area contributed by atoms with E-state index in [1.165, 1.54) is 5.56 Å². The van der Waals surface area contributed by atoms with Crippen molar-refractivity contribution < 1.29 is 14.3 Å². The van der Waals surface area contributed by atoms with Crippen LogP contribution in [0.2, 0.25) is 0 Å². The Morgan fingerprint density at radius 2 is 1.64 bits per heavy atom. The highest BCUT2D eigenvalue weighted by molar-refractivity contribution is 5.97. The molecule has 1 heterocycles. The van der Waals surface area contributed by atoms with Crippen molar-refractivity contribution in [1.82, 2.24) is 15.1 Å². The van der Waals surface area contributed by atoms with Crippen LogP contribution in [-0.2, 0) is 11.3 Å². The molecule has 0 aromatic heterocycles. The van der Waals surface area contributed by atoms with Crippen molar-refractivity contribution in [2.24, 2.45) is 0 Å². The van der Waals surface area contributed by atoms with E-state index in [0.717, 1.165) is 19.6 Å². The zero-order chi connectivity index (χ0) is 19.9. The fourth-order valence-corrected chi connectivity index (χ4v) is 3.33. The van der Waals surface area contributed by atoms with Crippen LogP contribution >= 0.6 is 0 Å². The first kappa shape index (κ1) is 19.9. The number of ether oxygens (including phenoxy) is 1. The lowest BCUT2D eigenvalue weighted by atomic mass is 10.1. The molecule has 3 rings (SSSR count). The number of benzene rings is 2. The Hall–Kier alpha value is -2.86. The fraction of sp³-hybridized carbons (Fsp3) is 0.364. The summed E-state index contributed by atoms with van der Waals surface area (Å²) >= 11 is 0. The quantitative estimate of drug-likeness (QED) is 0.833. The van der Waals surface area contributed by atoms with Gasteiger partial charge in [0.2, 0.25) is 5.91 Å². The van der Waals surface area contributed by atoms with E-state index >= 15 is 0 Å². The molecule has 0 bridgehead atoms. The molecule has 2 amide bonds. The fourth-order valence-electron chi connectivity index (χ4n) is 3.33. The molecule has 28 heavy (non-hydrogen) atoms. The van der Waals surface area contributed by atoms with Gasteiger partial charge in [-0.1, -0.05) is 30.3 Å². The van der Waals surface area contributed by atoms with E-state index in [4.69, 9.17) is 4.74 Å². The van der Waals surface area contributed by atoms with E-state index < -0.39 is 6.04 Å². The van der Waals surface area contributed by atoms with Crippen molar-refractivity contribution in [1.29, 1.82) is 0 Å². The van der Waals surface area contributed by atoms with Gasteiger partial charge in [0.15, 0.2) is 0 Å². The lowest BCUT2D eigenvalue weighted by Gasteiger charge is -2.36. The van der Waals surface area contributed by atoms with Crippen LogP contribution in [0.25, 0.3) is 0 Å². The predicted molar refractivity (Wildman–Crippen MR) is 108 cm³/mol. The van der Waals surface area contributed by atoms with Crippen LogP contribution in [0.3, 0.4) is 0 Å². The average molecular weight is 381 g/mol. The molecule has 1 fully saturated rings. The molecule has 0 saturated carbocycles. The van der Waals surface area contributed by atoms with E-state index in [1.807, 2.05) is 23.1 Å². The summed E-state index contributed by atoms with van der Waals surface area (Å²) in [6.45, 7) is 5.65. The number of nitrogens with zero attached hydrogens (tertiary/aromatic N) is 2. The average Bonchev–Trinajstić information content (AvgIpc) is 2.74. The molecule has 2 aromatic rings. The minimum absolute atomic E-state index is 0.0405. The Labute approximate surface area is 166 Å². The van der Waals surface area contributed by atoms with Crippen molar-refractivity contribution in [3.8, 4) is 5.75 Å². The summed E-state index contributed by atoms with van der Waals surface area (Å²) in [5.74, 6) is 0.390. The molecule has 1 aliphatic rings. The van der Waals surface area contributed by atoms with E-state index in [-0.39, 0.29) is 11.8 Å². The molecule has 0 spiro atoms. The largest absolute Gasteiger partial charge is 0.497 e. The Bertz CT molecular complexity index is 784. The van der Waals surface area contributed by atoms with E-state index in [2.05, 4.69) is 22.3 Å². The van der Waals surface area contributed by atoms with Gasteiger partial charge in [-0.3, -0.25) is 14.5 Å². The van der Waals surface area contributed by atoms with Gasteiger partial charge in [0.1, 0.15) is 11.8 Å². The molecular weight excluding hydrogens is 354 g/mol. The Kier molecular flexibility index (Phi) is 6.66. The van der Waals surface area contributed by atoms with Gasteiger partial charge >= 0.3 is 0 Å². The van der Waals surface area contributed by atoms with E-state index in [0.29, 0.717) is 24.4 Å². The van der Waals surface area contributed by atoms with E-state index in [1.54, 1.807) is 38.3 Å². The van der Waals surface area contributed by atoms with Gasteiger partial charge in [0.05, 0.1) is 7.11 Å². The standard InChI is InChI=1S/C22H27N3O3/c1-17(23-21(26)19-8-10-20(28-2)11-9-19)22(27)25-14-12-24(13-15-25)16-18-6-4-3-5-7-18/h3-11,17H,12-16H2,1-2H3,(H,23,26)/t17-/m0/s1. The second-order valence-corrected chi connectivity index (χ2v) is 7.01. The minimum Gasteiger partial charge on any atom is -0.497 e. The lowest BCUT2D eigenvalue weighted by molar-refractivity contribution is -0.134. The van der Waals surface area contributed by atoms with Crippen LogP contribution in [0.5, 0.6) is 5.75 Å². The molecule has 1 N–H and O–H groups in total. The first-order valence-corrected chi connectivity index (χ1v) is 9.57. The normalized spacial score (nSPS) is 15.7. The Morgan fingerprint density at radius 3 is 2.25 bits per heavy atom. The number of amides is 2. The number of piperazine rings is 1. The maximum atomic E-state index is 12.7. The summed E-state index contributed by atoms with van der Waals surface area (Å²) in [5.41, 5.74) is 1.79. The third-order valence-electron chi connectivity index (χ3n) is 5.00. The third-order valence-corrected chi connectivity index (χ3v) is 5.00. The van der Waals surface area contributed by atoms with Gasteiger partial charge in [-0.25, -0.2) is 0 Å². The monoisotopic (exact) mass is 381 g/mol. The molecular formula is C22H27N3O3. The number of nitrogens with one attached hydrogen (secondary N) is 1. The number of methoxy groups -OCH3 is 1. The first-order valence-electron chi connectivity index (χ1n) is 9.57. The van der Waals surface area contributed by atoms with Crippen molar-refractivity contribution in [2.45, 2.75) is 19.5 Å². The molecule has 1 atom stereocenters. The van der Waals surface area contributed by atoms with Crippen LogP contribution in [-0.4, -0.2) is 60.9 Å². The highest BCUT2D eigenvalue weighted by atomic mass is 16.5. The van der Waals surface area contributed by atoms with E-state index in [9.17, 15) is 9.59 Å². The molecule has 6 nitrogen and oxygen atoms in total. The summed E-state index contributed by atoms with van der Waals surface area (Å²) < 4.78 is 5.10. The highest BCUT2D eigenvalue weighted by Crippen LogP contribution is 2.12. The van der Waals surface area contributed by atoms with Gasteiger partial charge in [-0.2, -0.15) is 0 Å². The first-order chi connectivity index (χ1) is 13.6. The van der Waals surface area contributed by atoms with Crippen molar-refractivity contribution >= 4 is 11.8 Å². The number of carbonyl (C=O) groups excluding carboxylic acids is 2. The van der Waals surface area contributed by atoms with Gasteiger partial charge < -0.3 is 15.0 Å². The topological polar surface area (TPSA) is 61.9 Å². The number of hydrogen-bond acceptors (Lipinski definition) is 4. The van der Waals surface area contributed by atoms with Crippen LogP contribution in [0.1, 0.15) is 22.8 Å². The molecule has 0 aliphatic carbocycles. The molecule has 1 saturated heterocycles. The third kappa shape index (κ3) is 5.10. The van der Waals surface area contributed by atoms with Gasteiger partial charge in [-0.05, 0) is 36.8 Å². The van der Waals surface area contributed by atoms with Crippen LogP contribution in [0, 0.1) is 0 Å². The molecule has 6 heteroatoms. The number of rotatable bonds is 6. The summed E-state index contributed by atoms with van der Waals surface area (Å²) in [6.07, 6.45) is 0. The molecule has 1 aliphatic heterocycles. The summed E-state index contributed by atoms with van der Waals surface area (Å²) in [4.78, 5) is 29.3. The van der Waals surface area contributed by atoms with Crippen LogP contribution in [0.4, 0.5) is 0 Å². The van der Waals surface area contributed by atoms with Crippen molar-refractivity contribution in [2.75, 3.05) is 33.3 Å². The molecule has 148 valence electrons. The summed E-state index contributed by atoms with van der Waals surface area (Å²) in [5, 5.41) is 2.80. The molecule has 0 radical (unpaired) electrons. The predicted octanol–water partition coefficient (Wildman–Crippen LogP) is 2.16. The lowest BCUT2D eigenvalue weighted by Crippen LogP contribution is -2.53. The van der Waals surface area contributed by atoms with Gasteiger partial charge in [-0.15, -0.1) is 0 Å². The summed E-state index contributed by atoms with van der Waals surface area (Å²) in [7, 11) is 1.58. The van der Waals surface area contributed by atoms with Gasteiger partial charge in [0, 0.05) is 38.3 Å². The van der Waals surface area contributed by atoms with Crippen LogP contribution in [0.15, 0.2) is 54.6 Å². The summed E-state index contributed by atoms with van der Waals surface area (Å²) in [6, 6.07) is 16.6. The van der Waals surface area contributed by atoms with Gasteiger partial charge in [0.25, 0.3) is 5.91 Å².